The van der Waals surface area contributed by atoms with Gasteiger partial charge < -0.3 is 5.11 Å². The molecule has 0 saturated heterocycles. The van der Waals surface area contributed by atoms with Gasteiger partial charge in [0.25, 0.3) is 0 Å². The molecule has 1 N–H and O–H groups in total. The summed E-state index contributed by atoms with van der Waals surface area (Å²) in [7, 11) is 0. The molecule has 2 nitrogen and oxygen atoms in total. The third-order valence-electron chi connectivity index (χ3n) is 3.75. The summed E-state index contributed by atoms with van der Waals surface area (Å²) in [5, 5.41) is 10.3. The van der Waals surface area contributed by atoms with E-state index in [1.807, 2.05) is 24.3 Å². The fraction of sp³-hybridized carbons (Fsp3) is 0.167. The van der Waals surface area contributed by atoms with E-state index in [2.05, 4.69) is 31.2 Å². The molecule has 0 aliphatic carbocycles. The minimum absolute atomic E-state index is 0.471. The SMILES string of the molecule is Cc1cc2cc(-c3ccc(C(C)C(=O)O)cc3)ccc2s1. The highest BCUT2D eigenvalue weighted by molar-refractivity contribution is 7.19. The van der Waals surface area contributed by atoms with Crippen LogP contribution in [0.3, 0.4) is 0 Å². The summed E-state index contributed by atoms with van der Waals surface area (Å²) in [6, 6.07) is 16.4. The fourth-order valence-corrected chi connectivity index (χ4v) is 3.37. The van der Waals surface area contributed by atoms with Gasteiger partial charge in [0.1, 0.15) is 0 Å². The summed E-state index contributed by atoms with van der Waals surface area (Å²) in [6.07, 6.45) is 0. The van der Waals surface area contributed by atoms with Gasteiger partial charge in [0, 0.05) is 9.58 Å². The first-order valence-corrected chi connectivity index (χ1v) is 7.69. The molecule has 3 heteroatoms. The smallest absolute Gasteiger partial charge is 0.310 e. The van der Waals surface area contributed by atoms with Crippen LogP contribution >= 0.6 is 11.3 Å². The number of hydrogen-bond donors (Lipinski definition) is 1. The lowest BCUT2D eigenvalue weighted by Crippen LogP contribution is -2.06. The minimum Gasteiger partial charge on any atom is -0.481 e. The van der Waals surface area contributed by atoms with Crippen LogP contribution in [-0.4, -0.2) is 11.1 Å². The number of fused-ring (bicyclic) bond motifs is 1. The standard InChI is InChI=1S/C18H16O2S/c1-11-9-16-10-15(7-8-17(16)21-11)14-5-3-13(4-6-14)12(2)18(19)20/h3-10,12H,1-2H3,(H,19,20). The predicted octanol–water partition coefficient (Wildman–Crippen LogP) is 5.06. The predicted molar refractivity (Wildman–Crippen MR) is 88.0 cm³/mol. The van der Waals surface area contributed by atoms with Gasteiger partial charge in [-0.15, -0.1) is 11.3 Å². The summed E-state index contributed by atoms with van der Waals surface area (Å²) in [4.78, 5) is 12.3. The highest BCUT2D eigenvalue weighted by Crippen LogP contribution is 2.30. The van der Waals surface area contributed by atoms with E-state index in [4.69, 9.17) is 5.11 Å². The van der Waals surface area contributed by atoms with E-state index in [9.17, 15) is 4.79 Å². The Hall–Kier alpha value is -2.13. The average molecular weight is 296 g/mol. The van der Waals surface area contributed by atoms with Crippen molar-refractivity contribution in [1.82, 2.24) is 0 Å². The molecule has 106 valence electrons. The molecular formula is C18H16O2S. The van der Waals surface area contributed by atoms with Crippen LogP contribution in [-0.2, 0) is 4.79 Å². The van der Waals surface area contributed by atoms with Gasteiger partial charge in [0.05, 0.1) is 5.92 Å². The molecule has 0 saturated carbocycles. The van der Waals surface area contributed by atoms with Crippen LogP contribution < -0.4 is 0 Å². The molecule has 0 fully saturated rings. The number of hydrogen-bond acceptors (Lipinski definition) is 2. The Morgan fingerprint density at radius 2 is 1.71 bits per heavy atom. The lowest BCUT2D eigenvalue weighted by atomic mass is 9.97. The molecule has 0 bridgehead atoms. The van der Waals surface area contributed by atoms with Crippen molar-refractivity contribution in [3.63, 3.8) is 0 Å². The monoisotopic (exact) mass is 296 g/mol. The zero-order valence-electron chi connectivity index (χ0n) is 12.0. The molecule has 1 heterocycles. The van der Waals surface area contributed by atoms with Crippen molar-refractivity contribution in [3.8, 4) is 11.1 Å². The first-order valence-electron chi connectivity index (χ1n) is 6.88. The molecule has 0 spiro atoms. The summed E-state index contributed by atoms with van der Waals surface area (Å²) >= 11 is 1.80. The Balaban J connectivity index is 1.96. The average Bonchev–Trinajstić information content (AvgIpc) is 2.85. The number of rotatable bonds is 3. The minimum atomic E-state index is -0.794. The number of carboxylic acids is 1. The van der Waals surface area contributed by atoms with Crippen LogP contribution in [0.5, 0.6) is 0 Å². The fourth-order valence-electron chi connectivity index (χ4n) is 2.46. The number of aryl methyl sites for hydroxylation is 1. The number of aliphatic carboxylic acids is 1. The molecule has 0 aliphatic heterocycles. The van der Waals surface area contributed by atoms with E-state index in [1.165, 1.54) is 15.0 Å². The number of benzene rings is 2. The van der Waals surface area contributed by atoms with Gasteiger partial charge in [-0.1, -0.05) is 30.3 Å². The van der Waals surface area contributed by atoms with Gasteiger partial charge in [-0.05, 0) is 54.1 Å². The van der Waals surface area contributed by atoms with E-state index in [1.54, 1.807) is 18.3 Å². The van der Waals surface area contributed by atoms with Crippen molar-refractivity contribution in [3.05, 3.63) is 59.0 Å². The first kappa shape index (κ1) is 13.8. The summed E-state index contributed by atoms with van der Waals surface area (Å²) in [5.74, 6) is -1.26. The van der Waals surface area contributed by atoms with Gasteiger partial charge in [0.2, 0.25) is 0 Å². The van der Waals surface area contributed by atoms with E-state index in [-0.39, 0.29) is 0 Å². The maximum atomic E-state index is 11.0. The second-order valence-electron chi connectivity index (χ2n) is 5.29. The van der Waals surface area contributed by atoms with Crippen LogP contribution in [0.4, 0.5) is 0 Å². The Morgan fingerprint density at radius 1 is 1.05 bits per heavy atom. The van der Waals surface area contributed by atoms with Crippen molar-refractivity contribution < 1.29 is 9.90 Å². The third-order valence-corrected chi connectivity index (χ3v) is 4.79. The molecule has 1 atom stereocenters. The maximum Gasteiger partial charge on any atom is 0.310 e. The molecule has 0 aliphatic rings. The third kappa shape index (κ3) is 2.69. The van der Waals surface area contributed by atoms with Crippen molar-refractivity contribution in [2.45, 2.75) is 19.8 Å². The molecule has 1 aromatic heterocycles. The summed E-state index contributed by atoms with van der Waals surface area (Å²) in [5.41, 5.74) is 3.11. The van der Waals surface area contributed by atoms with Gasteiger partial charge >= 0.3 is 5.97 Å². The quantitative estimate of drug-likeness (QED) is 0.733. The van der Waals surface area contributed by atoms with Crippen molar-refractivity contribution in [1.29, 1.82) is 0 Å². The normalized spacial score (nSPS) is 12.5. The second kappa shape index (κ2) is 5.34. The van der Waals surface area contributed by atoms with Crippen molar-refractivity contribution in [2.75, 3.05) is 0 Å². The van der Waals surface area contributed by atoms with Crippen molar-refractivity contribution in [2.24, 2.45) is 0 Å². The summed E-state index contributed by atoms with van der Waals surface area (Å²) in [6.45, 7) is 3.82. The first-order chi connectivity index (χ1) is 10.0. The zero-order valence-corrected chi connectivity index (χ0v) is 12.8. The number of carboxylic acid groups (broad SMARTS) is 1. The van der Waals surface area contributed by atoms with Crippen LogP contribution in [0, 0.1) is 6.92 Å². The highest BCUT2D eigenvalue weighted by Gasteiger charge is 2.13. The molecule has 3 rings (SSSR count). The second-order valence-corrected chi connectivity index (χ2v) is 6.58. The molecule has 21 heavy (non-hydrogen) atoms. The Bertz CT molecular complexity index is 800. The van der Waals surface area contributed by atoms with Crippen LogP contribution in [0.2, 0.25) is 0 Å². The van der Waals surface area contributed by atoms with Crippen LogP contribution in [0.15, 0.2) is 48.5 Å². The van der Waals surface area contributed by atoms with Gasteiger partial charge in [-0.2, -0.15) is 0 Å². The highest BCUT2D eigenvalue weighted by atomic mass is 32.1. The number of carbonyl (C=O) groups is 1. The van der Waals surface area contributed by atoms with E-state index < -0.39 is 11.9 Å². The summed E-state index contributed by atoms with van der Waals surface area (Å²) < 4.78 is 1.30. The Kier molecular flexibility index (Phi) is 3.52. The topological polar surface area (TPSA) is 37.3 Å². The van der Waals surface area contributed by atoms with E-state index in [0.29, 0.717) is 0 Å². The molecular weight excluding hydrogens is 280 g/mol. The lowest BCUT2D eigenvalue weighted by Gasteiger charge is -2.08. The van der Waals surface area contributed by atoms with E-state index >= 15 is 0 Å². The molecule has 0 amide bonds. The molecule has 3 aromatic rings. The van der Waals surface area contributed by atoms with Gasteiger partial charge in [-0.3, -0.25) is 4.79 Å². The Morgan fingerprint density at radius 3 is 2.38 bits per heavy atom. The van der Waals surface area contributed by atoms with Crippen LogP contribution in [0.25, 0.3) is 21.2 Å². The largest absolute Gasteiger partial charge is 0.481 e. The van der Waals surface area contributed by atoms with Crippen LogP contribution in [0.1, 0.15) is 23.3 Å². The lowest BCUT2D eigenvalue weighted by molar-refractivity contribution is -0.138. The number of thiophene rings is 1. The van der Waals surface area contributed by atoms with E-state index in [0.717, 1.165) is 16.7 Å². The van der Waals surface area contributed by atoms with Gasteiger partial charge in [0.15, 0.2) is 0 Å². The molecule has 0 radical (unpaired) electrons. The Labute approximate surface area is 127 Å². The van der Waals surface area contributed by atoms with Gasteiger partial charge in [-0.25, -0.2) is 0 Å². The maximum absolute atomic E-state index is 11.0. The zero-order chi connectivity index (χ0) is 15.0. The molecule has 1 unspecified atom stereocenters. The molecule has 2 aromatic carbocycles. The van der Waals surface area contributed by atoms with Crippen molar-refractivity contribution >= 4 is 27.4 Å².